The van der Waals surface area contributed by atoms with Crippen molar-refractivity contribution in [2.45, 2.75) is 78.0 Å². The van der Waals surface area contributed by atoms with Crippen LogP contribution in [0.25, 0.3) is 0 Å². The Bertz CT molecular complexity index is 241. The second-order valence-corrected chi connectivity index (χ2v) is 6.32. The molecule has 0 aliphatic carbocycles. The maximum Gasteiger partial charge on any atom is 0.0897 e. The van der Waals surface area contributed by atoms with Crippen molar-refractivity contribution in [3.63, 3.8) is 0 Å². The number of unbranched alkanes of at least 4 members (excludes halogenated alkanes) is 3. The Morgan fingerprint density at radius 1 is 0.870 bits per heavy atom. The summed E-state index contributed by atoms with van der Waals surface area (Å²) in [5.74, 6) is 0. The highest BCUT2D eigenvalue weighted by Crippen LogP contribution is 1.99. The lowest BCUT2D eigenvalue weighted by atomic mass is 10.2. The van der Waals surface area contributed by atoms with E-state index in [2.05, 4.69) is 26.1 Å². The topological polar surface area (TPSA) is 60.0 Å². The fourth-order valence-electron chi connectivity index (χ4n) is 2.06. The Kier molecular flexibility index (Phi) is 16.5. The van der Waals surface area contributed by atoms with Gasteiger partial charge in [0.2, 0.25) is 0 Å². The first-order valence-corrected chi connectivity index (χ1v) is 9.28. The fourth-order valence-corrected chi connectivity index (χ4v) is 2.06. The Morgan fingerprint density at radius 3 is 2.30 bits per heavy atom. The predicted octanol–water partition coefficient (Wildman–Crippen LogP) is 2.75. The van der Waals surface area contributed by atoms with Crippen LogP contribution < -0.4 is 5.32 Å². The molecule has 0 saturated heterocycles. The first-order chi connectivity index (χ1) is 11.1. The third-order valence-electron chi connectivity index (χ3n) is 3.49. The zero-order chi connectivity index (χ0) is 17.3. The van der Waals surface area contributed by atoms with Crippen LogP contribution in [0.4, 0.5) is 0 Å². The van der Waals surface area contributed by atoms with Crippen molar-refractivity contribution in [3.8, 4) is 0 Å². The highest BCUT2D eigenvalue weighted by Gasteiger charge is 2.09. The number of rotatable bonds is 17. The minimum absolute atomic E-state index is 0.0992. The molecular weight excluding hydrogens is 294 g/mol. The number of ether oxygens (including phenoxy) is 3. The molecule has 5 nitrogen and oxygen atoms in total. The summed E-state index contributed by atoms with van der Waals surface area (Å²) < 4.78 is 16.7. The maximum absolute atomic E-state index is 9.87. The first-order valence-electron chi connectivity index (χ1n) is 9.28. The summed E-state index contributed by atoms with van der Waals surface area (Å²) in [6, 6.07) is 0.197. The van der Waals surface area contributed by atoms with Crippen LogP contribution in [-0.2, 0) is 14.2 Å². The molecule has 0 bridgehead atoms. The lowest BCUT2D eigenvalue weighted by Gasteiger charge is -2.20. The Balaban J connectivity index is 3.47. The van der Waals surface area contributed by atoms with Gasteiger partial charge in [-0.15, -0.1) is 0 Å². The summed E-state index contributed by atoms with van der Waals surface area (Å²) in [4.78, 5) is 0. The number of hydrogen-bond acceptors (Lipinski definition) is 5. The average molecular weight is 334 g/mol. The number of hydrogen-bond donors (Lipinski definition) is 2. The van der Waals surface area contributed by atoms with Gasteiger partial charge < -0.3 is 24.6 Å². The van der Waals surface area contributed by atoms with E-state index in [4.69, 9.17) is 14.2 Å². The molecule has 3 unspecified atom stereocenters. The fraction of sp³-hybridized carbons (Fsp3) is 1.00. The average Bonchev–Trinajstić information content (AvgIpc) is 2.54. The van der Waals surface area contributed by atoms with E-state index < -0.39 is 6.10 Å². The van der Waals surface area contributed by atoms with Crippen LogP contribution >= 0.6 is 0 Å². The minimum Gasteiger partial charge on any atom is -0.389 e. The molecule has 0 spiro atoms. The van der Waals surface area contributed by atoms with Gasteiger partial charge in [-0.1, -0.05) is 33.1 Å². The SMILES string of the molecule is CCCCCCOCC(O)CNC(C)COC(C)COCCC. The Labute approximate surface area is 143 Å². The van der Waals surface area contributed by atoms with E-state index in [-0.39, 0.29) is 12.1 Å². The van der Waals surface area contributed by atoms with Crippen LogP contribution in [-0.4, -0.2) is 62.9 Å². The van der Waals surface area contributed by atoms with E-state index >= 15 is 0 Å². The van der Waals surface area contributed by atoms with Crippen LogP contribution in [0.2, 0.25) is 0 Å². The van der Waals surface area contributed by atoms with Crippen molar-refractivity contribution < 1.29 is 19.3 Å². The summed E-state index contributed by atoms with van der Waals surface area (Å²) in [5.41, 5.74) is 0. The van der Waals surface area contributed by atoms with E-state index in [0.29, 0.717) is 26.4 Å². The molecule has 0 radical (unpaired) electrons. The Hall–Kier alpha value is -0.200. The van der Waals surface area contributed by atoms with Crippen molar-refractivity contribution in [3.05, 3.63) is 0 Å². The lowest BCUT2D eigenvalue weighted by molar-refractivity contribution is -0.0150. The predicted molar refractivity (Wildman–Crippen MR) is 95.0 cm³/mol. The summed E-state index contributed by atoms with van der Waals surface area (Å²) in [6.45, 7) is 12.1. The van der Waals surface area contributed by atoms with Crippen LogP contribution in [0.15, 0.2) is 0 Å². The molecule has 0 aromatic heterocycles. The summed E-state index contributed by atoms with van der Waals surface area (Å²) in [6.07, 6.45) is 5.44. The van der Waals surface area contributed by atoms with Crippen LogP contribution in [0.1, 0.15) is 59.8 Å². The van der Waals surface area contributed by atoms with E-state index in [0.717, 1.165) is 26.1 Å². The van der Waals surface area contributed by atoms with Crippen molar-refractivity contribution in [2.75, 3.05) is 39.6 Å². The smallest absolute Gasteiger partial charge is 0.0897 e. The monoisotopic (exact) mass is 333 g/mol. The van der Waals surface area contributed by atoms with Crippen molar-refractivity contribution in [2.24, 2.45) is 0 Å². The summed E-state index contributed by atoms with van der Waals surface area (Å²) in [7, 11) is 0. The molecule has 0 amide bonds. The third kappa shape index (κ3) is 16.4. The van der Waals surface area contributed by atoms with Gasteiger partial charge in [-0.25, -0.2) is 0 Å². The molecule has 0 heterocycles. The van der Waals surface area contributed by atoms with Crippen molar-refractivity contribution in [1.82, 2.24) is 5.32 Å². The summed E-state index contributed by atoms with van der Waals surface area (Å²) in [5, 5.41) is 13.1. The van der Waals surface area contributed by atoms with Crippen LogP contribution in [0.3, 0.4) is 0 Å². The highest BCUT2D eigenvalue weighted by atomic mass is 16.5. The van der Waals surface area contributed by atoms with Crippen molar-refractivity contribution >= 4 is 0 Å². The van der Waals surface area contributed by atoms with Gasteiger partial charge in [-0.2, -0.15) is 0 Å². The van der Waals surface area contributed by atoms with Gasteiger partial charge >= 0.3 is 0 Å². The molecule has 0 saturated carbocycles. The van der Waals surface area contributed by atoms with E-state index in [1.807, 2.05) is 6.92 Å². The van der Waals surface area contributed by atoms with E-state index in [9.17, 15) is 5.11 Å². The van der Waals surface area contributed by atoms with Gasteiger partial charge in [0.25, 0.3) is 0 Å². The molecule has 5 heteroatoms. The minimum atomic E-state index is -0.464. The van der Waals surface area contributed by atoms with Crippen LogP contribution in [0.5, 0.6) is 0 Å². The zero-order valence-corrected chi connectivity index (χ0v) is 15.7. The van der Waals surface area contributed by atoms with Gasteiger partial charge in [-0.05, 0) is 26.7 Å². The molecule has 0 fully saturated rings. The standard InChI is InChI=1S/C18H39NO4/c1-5-7-8-9-11-22-15-18(20)12-19-16(3)13-23-17(4)14-21-10-6-2/h16-20H,5-15H2,1-4H3. The normalized spacial score (nSPS) is 15.5. The summed E-state index contributed by atoms with van der Waals surface area (Å²) >= 11 is 0. The molecule has 3 atom stereocenters. The molecule has 0 rings (SSSR count). The molecule has 0 aliphatic rings. The highest BCUT2D eigenvalue weighted by molar-refractivity contribution is 4.65. The van der Waals surface area contributed by atoms with Gasteiger partial charge in [0, 0.05) is 25.8 Å². The zero-order valence-electron chi connectivity index (χ0n) is 15.7. The molecule has 0 aromatic carbocycles. The lowest BCUT2D eigenvalue weighted by Crippen LogP contribution is -2.39. The number of nitrogens with one attached hydrogen (secondary N) is 1. The Morgan fingerprint density at radius 2 is 1.61 bits per heavy atom. The largest absolute Gasteiger partial charge is 0.389 e. The maximum atomic E-state index is 9.87. The number of aliphatic hydroxyl groups excluding tert-OH is 1. The number of aliphatic hydroxyl groups is 1. The van der Waals surface area contributed by atoms with Gasteiger partial charge in [0.15, 0.2) is 0 Å². The molecule has 140 valence electrons. The second kappa shape index (κ2) is 16.7. The third-order valence-corrected chi connectivity index (χ3v) is 3.49. The quantitative estimate of drug-likeness (QED) is 0.401. The van der Waals surface area contributed by atoms with Crippen molar-refractivity contribution in [1.29, 1.82) is 0 Å². The molecule has 2 N–H and O–H groups in total. The van der Waals surface area contributed by atoms with Gasteiger partial charge in [0.1, 0.15) is 0 Å². The molecule has 23 heavy (non-hydrogen) atoms. The van der Waals surface area contributed by atoms with Gasteiger partial charge in [0.05, 0.1) is 32.0 Å². The van der Waals surface area contributed by atoms with Gasteiger partial charge in [-0.3, -0.25) is 0 Å². The first kappa shape index (κ1) is 22.8. The van der Waals surface area contributed by atoms with Crippen LogP contribution in [0, 0.1) is 0 Å². The van der Waals surface area contributed by atoms with E-state index in [1.165, 1.54) is 19.3 Å². The second-order valence-electron chi connectivity index (χ2n) is 6.32. The van der Waals surface area contributed by atoms with E-state index in [1.54, 1.807) is 0 Å². The molecule has 0 aliphatic heterocycles. The molecular formula is C18H39NO4. The molecule has 0 aromatic rings.